The Hall–Kier alpha value is -2.12. The average molecular weight is 386 g/mol. The smallest absolute Gasteiger partial charge is 0.267 e. The number of thioether (sulfide) groups is 1. The summed E-state index contributed by atoms with van der Waals surface area (Å²) in [6.07, 6.45) is 3.08. The van der Waals surface area contributed by atoms with E-state index < -0.39 is 5.91 Å². The molecule has 0 saturated carbocycles. The highest BCUT2D eigenvalue weighted by Crippen LogP contribution is 2.36. The van der Waals surface area contributed by atoms with Crippen molar-refractivity contribution in [1.82, 2.24) is 9.55 Å². The maximum absolute atomic E-state index is 13.4. The summed E-state index contributed by atoms with van der Waals surface area (Å²) in [7, 11) is 0. The number of para-hydroxylation sites is 1. The molecule has 3 aromatic rings. The molecule has 7 heteroatoms. The van der Waals surface area contributed by atoms with E-state index in [0.717, 1.165) is 40.7 Å². The topological polar surface area (TPSA) is 78.0 Å². The average Bonchev–Trinajstić information content (AvgIpc) is 2.98. The van der Waals surface area contributed by atoms with E-state index >= 15 is 0 Å². The number of aryl methyl sites for hydroxylation is 1. The van der Waals surface area contributed by atoms with Gasteiger partial charge in [-0.2, -0.15) is 0 Å². The molecule has 1 amide bonds. The third kappa shape index (κ3) is 3.05. The number of nitrogens with two attached hydrogens (primary N) is 1. The maximum Gasteiger partial charge on any atom is 0.267 e. The number of primary amides is 1. The lowest BCUT2D eigenvalue weighted by atomic mass is 9.89. The van der Waals surface area contributed by atoms with Crippen LogP contribution in [0.5, 0.6) is 0 Å². The lowest BCUT2D eigenvalue weighted by molar-refractivity contribution is -0.115. The zero-order chi connectivity index (χ0) is 18.3. The molecule has 134 valence electrons. The van der Waals surface area contributed by atoms with Gasteiger partial charge >= 0.3 is 0 Å². The fourth-order valence-corrected chi connectivity index (χ4v) is 5.42. The highest BCUT2D eigenvalue weighted by molar-refractivity contribution is 7.99. The van der Waals surface area contributed by atoms with Crippen molar-refractivity contribution in [1.29, 1.82) is 0 Å². The SMILES string of the molecule is C[C@H]1CCc2sc3nc(SCC(N)=O)n(-c4ccccc4)c(=O)c3c2C1. The molecule has 0 saturated heterocycles. The number of hydrogen-bond acceptors (Lipinski definition) is 5. The summed E-state index contributed by atoms with van der Waals surface area (Å²) in [5, 5.41) is 1.25. The van der Waals surface area contributed by atoms with Gasteiger partial charge in [0.2, 0.25) is 5.91 Å². The second-order valence-electron chi connectivity index (χ2n) is 6.66. The maximum atomic E-state index is 13.4. The van der Waals surface area contributed by atoms with Gasteiger partial charge in [0.05, 0.1) is 16.8 Å². The molecule has 0 unspecified atom stereocenters. The van der Waals surface area contributed by atoms with Crippen molar-refractivity contribution >= 4 is 39.2 Å². The Morgan fingerprint density at radius 1 is 1.38 bits per heavy atom. The van der Waals surface area contributed by atoms with Crippen LogP contribution in [0, 0.1) is 5.92 Å². The van der Waals surface area contributed by atoms with Gasteiger partial charge in [-0.05, 0) is 42.9 Å². The Kier molecular flexibility index (Phi) is 4.58. The molecular weight excluding hydrogens is 366 g/mol. The third-order valence-corrected chi connectivity index (χ3v) is 6.80. The molecule has 0 aliphatic heterocycles. The Bertz CT molecular complexity index is 1040. The van der Waals surface area contributed by atoms with Crippen LogP contribution in [0.1, 0.15) is 23.8 Å². The number of thiophene rings is 1. The van der Waals surface area contributed by atoms with Gasteiger partial charge in [0.15, 0.2) is 5.16 Å². The molecule has 0 radical (unpaired) electrons. The van der Waals surface area contributed by atoms with Crippen LogP contribution in [-0.4, -0.2) is 21.2 Å². The summed E-state index contributed by atoms with van der Waals surface area (Å²) in [5.41, 5.74) is 7.16. The van der Waals surface area contributed by atoms with Crippen LogP contribution in [0.15, 0.2) is 40.3 Å². The molecule has 0 fully saturated rings. The number of fused-ring (bicyclic) bond motifs is 3. The van der Waals surface area contributed by atoms with Crippen LogP contribution in [0.4, 0.5) is 0 Å². The Morgan fingerprint density at radius 2 is 2.15 bits per heavy atom. The van der Waals surface area contributed by atoms with E-state index in [4.69, 9.17) is 10.7 Å². The van der Waals surface area contributed by atoms with Crippen molar-refractivity contribution < 1.29 is 4.79 Å². The van der Waals surface area contributed by atoms with Gasteiger partial charge in [-0.1, -0.05) is 36.9 Å². The van der Waals surface area contributed by atoms with Crippen molar-refractivity contribution in [3.8, 4) is 5.69 Å². The summed E-state index contributed by atoms with van der Waals surface area (Å²) in [6, 6.07) is 9.44. The molecule has 4 rings (SSSR count). The number of aromatic nitrogens is 2. The highest BCUT2D eigenvalue weighted by atomic mass is 32.2. The highest BCUT2D eigenvalue weighted by Gasteiger charge is 2.25. The Morgan fingerprint density at radius 3 is 2.88 bits per heavy atom. The molecule has 2 aromatic heterocycles. The first-order chi connectivity index (χ1) is 12.5. The van der Waals surface area contributed by atoms with Gasteiger partial charge in [0.25, 0.3) is 5.56 Å². The molecule has 0 bridgehead atoms. The van der Waals surface area contributed by atoms with Crippen LogP contribution in [0.3, 0.4) is 0 Å². The number of carbonyl (C=O) groups is 1. The van der Waals surface area contributed by atoms with E-state index in [-0.39, 0.29) is 11.3 Å². The predicted molar refractivity (Wildman–Crippen MR) is 106 cm³/mol. The van der Waals surface area contributed by atoms with Gasteiger partial charge in [0.1, 0.15) is 4.83 Å². The number of amides is 1. The van der Waals surface area contributed by atoms with Gasteiger partial charge < -0.3 is 5.73 Å². The van der Waals surface area contributed by atoms with Gasteiger partial charge in [-0.3, -0.25) is 14.2 Å². The first-order valence-corrected chi connectivity index (χ1v) is 10.4. The zero-order valence-corrected chi connectivity index (χ0v) is 16.0. The lowest BCUT2D eigenvalue weighted by Crippen LogP contribution is -2.23. The number of benzene rings is 1. The normalized spacial score (nSPS) is 16.6. The van der Waals surface area contributed by atoms with E-state index in [1.54, 1.807) is 15.9 Å². The van der Waals surface area contributed by atoms with Crippen molar-refractivity contribution in [2.75, 3.05) is 5.75 Å². The van der Waals surface area contributed by atoms with E-state index in [9.17, 15) is 9.59 Å². The van der Waals surface area contributed by atoms with Crippen LogP contribution in [0.2, 0.25) is 0 Å². The minimum Gasteiger partial charge on any atom is -0.369 e. The minimum atomic E-state index is -0.428. The molecule has 0 spiro atoms. The number of nitrogens with zero attached hydrogens (tertiary/aromatic N) is 2. The van der Waals surface area contributed by atoms with E-state index in [1.165, 1.54) is 16.6 Å². The van der Waals surface area contributed by atoms with Crippen LogP contribution in [0.25, 0.3) is 15.9 Å². The van der Waals surface area contributed by atoms with Crippen LogP contribution >= 0.6 is 23.1 Å². The summed E-state index contributed by atoms with van der Waals surface area (Å²) in [6.45, 7) is 2.23. The summed E-state index contributed by atoms with van der Waals surface area (Å²) >= 11 is 2.82. The van der Waals surface area contributed by atoms with E-state index in [1.807, 2.05) is 30.3 Å². The predicted octanol–water partition coefficient (Wildman–Crippen LogP) is 3.15. The molecule has 5 nitrogen and oxygen atoms in total. The van der Waals surface area contributed by atoms with Crippen LogP contribution < -0.4 is 11.3 Å². The summed E-state index contributed by atoms with van der Waals surface area (Å²) in [5.74, 6) is 0.240. The molecule has 2 N–H and O–H groups in total. The Balaban J connectivity index is 1.97. The molecule has 1 aliphatic rings. The standard InChI is InChI=1S/C19H19N3O2S2/c1-11-7-8-14-13(9-11)16-17(26-14)21-19(25-10-15(20)23)22(18(16)24)12-5-3-2-4-6-12/h2-6,11H,7-10H2,1H3,(H2,20,23)/t11-/m0/s1. The zero-order valence-electron chi connectivity index (χ0n) is 14.4. The molecule has 1 atom stereocenters. The van der Waals surface area contributed by atoms with Gasteiger partial charge in [0, 0.05) is 4.88 Å². The summed E-state index contributed by atoms with van der Waals surface area (Å²) < 4.78 is 1.61. The van der Waals surface area contributed by atoms with Crippen molar-refractivity contribution in [3.05, 3.63) is 51.1 Å². The van der Waals surface area contributed by atoms with Crippen molar-refractivity contribution in [3.63, 3.8) is 0 Å². The minimum absolute atomic E-state index is 0.0558. The van der Waals surface area contributed by atoms with Crippen molar-refractivity contribution in [2.24, 2.45) is 11.7 Å². The van der Waals surface area contributed by atoms with Crippen molar-refractivity contribution in [2.45, 2.75) is 31.3 Å². The largest absolute Gasteiger partial charge is 0.369 e. The second kappa shape index (κ2) is 6.89. The van der Waals surface area contributed by atoms with Crippen LogP contribution in [-0.2, 0) is 17.6 Å². The fourth-order valence-electron chi connectivity index (χ4n) is 3.42. The van der Waals surface area contributed by atoms with E-state index in [0.29, 0.717) is 11.1 Å². The number of hydrogen-bond donors (Lipinski definition) is 1. The molecular formula is C19H19N3O2S2. The summed E-state index contributed by atoms with van der Waals surface area (Å²) in [4.78, 5) is 31.5. The number of rotatable bonds is 4. The first kappa shape index (κ1) is 17.3. The second-order valence-corrected chi connectivity index (χ2v) is 8.68. The fraction of sp³-hybridized carbons (Fsp3) is 0.316. The molecule has 26 heavy (non-hydrogen) atoms. The molecule has 1 aliphatic carbocycles. The number of carbonyl (C=O) groups excluding carboxylic acids is 1. The quantitative estimate of drug-likeness (QED) is 0.553. The monoisotopic (exact) mass is 385 g/mol. The lowest BCUT2D eigenvalue weighted by Gasteiger charge is -2.18. The third-order valence-electron chi connectivity index (χ3n) is 4.65. The molecule has 2 heterocycles. The first-order valence-electron chi connectivity index (χ1n) is 8.58. The van der Waals surface area contributed by atoms with Gasteiger partial charge in [-0.25, -0.2) is 4.98 Å². The van der Waals surface area contributed by atoms with E-state index in [2.05, 4.69) is 6.92 Å². The van der Waals surface area contributed by atoms with Gasteiger partial charge in [-0.15, -0.1) is 11.3 Å². The molecule has 1 aromatic carbocycles. The Labute approximate surface area is 159 Å².